The number of para-hydroxylation sites is 1. The third kappa shape index (κ3) is 8.39. The minimum atomic E-state index is -0.191. The Morgan fingerprint density at radius 1 is 0.373 bits per heavy atom. The maximum atomic E-state index is 2.84. The van der Waals surface area contributed by atoms with Gasteiger partial charge in [0.1, 0.15) is 0 Å². The van der Waals surface area contributed by atoms with Gasteiger partial charge in [-0.25, -0.2) is 0 Å². The van der Waals surface area contributed by atoms with E-state index in [1.54, 1.807) is 0 Å². The van der Waals surface area contributed by atoms with E-state index in [1.165, 1.54) is 137 Å². The van der Waals surface area contributed by atoms with Crippen LogP contribution >= 0.6 is 0 Å². The number of fused-ring (bicyclic) bond motifs is 7. The molecule has 1 fully saturated rings. The summed E-state index contributed by atoms with van der Waals surface area (Å²) in [5.74, 6) is 0. The summed E-state index contributed by atoms with van der Waals surface area (Å²) in [5, 5.41) is 0. The molecule has 0 bridgehead atoms. The van der Waals surface area contributed by atoms with E-state index < -0.39 is 0 Å². The lowest BCUT2D eigenvalue weighted by Crippen LogP contribution is -2.67. The molecule has 0 N–H and O–H groups in total. The van der Waals surface area contributed by atoms with Gasteiger partial charge in [0.05, 0.1) is 11.4 Å². The van der Waals surface area contributed by atoms with Gasteiger partial charge in [-0.05, 0) is 187 Å². The fourth-order valence-corrected chi connectivity index (χ4v) is 16.2. The lowest BCUT2D eigenvalue weighted by molar-refractivity contribution is 0.0106. The Balaban J connectivity index is 1.19. The molecule has 3 nitrogen and oxygen atoms in total. The minimum absolute atomic E-state index is 0.00222. The lowest BCUT2D eigenvalue weighted by Gasteiger charge is -2.66. The first-order valence-corrected chi connectivity index (χ1v) is 31.5. The zero-order chi connectivity index (χ0) is 58.8. The van der Waals surface area contributed by atoms with Crippen LogP contribution in [0.4, 0.5) is 45.5 Å². The van der Waals surface area contributed by atoms with Gasteiger partial charge in [0.15, 0.2) is 0 Å². The van der Waals surface area contributed by atoms with Gasteiger partial charge in [0.2, 0.25) is 0 Å². The van der Waals surface area contributed by atoms with Gasteiger partial charge in [-0.1, -0.05) is 227 Å². The number of hydrogen-bond acceptors (Lipinski definition) is 3. The van der Waals surface area contributed by atoms with Crippen molar-refractivity contribution in [2.75, 3.05) is 14.7 Å². The molecule has 1 saturated carbocycles. The molecule has 2 atom stereocenters. The molecule has 0 spiro atoms. The average Bonchev–Trinajstić information content (AvgIpc) is 0.908. The van der Waals surface area contributed by atoms with Crippen LogP contribution in [0.15, 0.2) is 164 Å². The predicted octanol–water partition coefficient (Wildman–Crippen LogP) is 20.1. The largest absolute Gasteiger partial charge is 0.335 e. The summed E-state index contributed by atoms with van der Waals surface area (Å²) in [5.41, 5.74) is 27.1. The first kappa shape index (κ1) is 55.4. The van der Waals surface area contributed by atoms with Crippen LogP contribution in [0.1, 0.15) is 190 Å². The zero-order valence-electron chi connectivity index (χ0n) is 53.3. The zero-order valence-corrected chi connectivity index (χ0v) is 53.3. The molecular formula is C79H90BN3. The van der Waals surface area contributed by atoms with Crippen molar-refractivity contribution in [1.29, 1.82) is 0 Å². The summed E-state index contributed by atoms with van der Waals surface area (Å²) in [6.07, 6.45) is 7.11. The predicted molar refractivity (Wildman–Crippen MR) is 359 cm³/mol. The molecule has 2 unspecified atom stereocenters. The molecule has 8 aromatic carbocycles. The summed E-state index contributed by atoms with van der Waals surface area (Å²) in [6.45, 7) is 41.7. The second-order valence-electron chi connectivity index (χ2n) is 31.2. The monoisotopic (exact) mass is 1090 g/mol. The van der Waals surface area contributed by atoms with Crippen LogP contribution in [0.3, 0.4) is 0 Å². The summed E-state index contributed by atoms with van der Waals surface area (Å²) < 4.78 is 0. The van der Waals surface area contributed by atoms with Crippen LogP contribution in [-0.2, 0) is 32.5 Å². The first-order chi connectivity index (χ1) is 39.0. The van der Waals surface area contributed by atoms with Crippen molar-refractivity contribution in [3.05, 3.63) is 197 Å². The molecule has 2 aliphatic carbocycles. The molecule has 0 radical (unpaired) electrons. The van der Waals surface area contributed by atoms with Crippen LogP contribution in [0.25, 0.3) is 22.3 Å². The number of rotatable bonds is 5. The highest BCUT2D eigenvalue weighted by Gasteiger charge is 2.62. The van der Waals surface area contributed by atoms with Crippen molar-refractivity contribution in [1.82, 2.24) is 0 Å². The van der Waals surface area contributed by atoms with Gasteiger partial charge in [0.25, 0.3) is 6.71 Å². The molecule has 83 heavy (non-hydrogen) atoms. The fraction of sp³-hybridized carbons (Fsp3) is 0.392. The first-order valence-electron chi connectivity index (χ1n) is 31.5. The van der Waals surface area contributed by atoms with Crippen LogP contribution < -0.4 is 31.1 Å². The normalized spacial score (nSPS) is 21.1. The summed E-state index contributed by atoms with van der Waals surface area (Å²) in [6, 6.07) is 65.1. The van der Waals surface area contributed by atoms with E-state index in [-0.39, 0.29) is 50.2 Å². The van der Waals surface area contributed by atoms with Gasteiger partial charge in [-0.3, -0.25) is 0 Å². The average molecular weight is 1090 g/mol. The number of nitrogens with zero attached hydrogens (tertiary/aromatic N) is 3. The third-order valence-electron chi connectivity index (χ3n) is 22.0. The number of anilines is 8. The molecule has 13 rings (SSSR count). The molecule has 0 aromatic heterocycles. The quantitative estimate of drug-likeness (QED) is 0.159. The van der Waals surface area contributed by atoms with Gasteiger partial charge >= 0.3 is 0 Å². The fourth-order valence-electron chi connectivity index (χ4n) is 16.2. The van der Waals surface area contributed by atoms with Gasteiger partial charge in [0, 0.05) is 56.2 Å². The van der Waals surface area contributed by atoms with Gasteiger partial charge in [-0.2, -0.15) is 0 Å². The second-order valence-corrected chi connectivity index (χ2v) is 31.2. The van der Waals surface area contributed by atoms with Crippen molar-refractivity contribution in [3.8, 4) is 22.3 Å². The molecule has 0 amide bonds. The second kappa shape index (κ2) is 18.6. The van der Waals surface area contributed by atoms with Crippen LogP contribution in [0.2, 0.25) is 0 Å². The summed E-state index contributed by atoms with van der Waals surface area (Å²) >= 11 is 0. The van der Waals surface area contributed by atoms with E-state index in [9.17, 15) is 0 Å². The number of benzene rings is 8. The number of hydrogen-bond donors (Lipinski definition) is 0. The van der Waals surface area contributed by atoms with E-state index in [4.69, 9.17) is 0 Å². The topological polar surface area (TPSA) is 9.72 Å². The Morgan fingerprint density at radius 3 is 1.39 bits per heavy atom. The van der Waals surface area contributed by atoms with Crippen LogP contribution in [0, 0.1) is 5.41 Å². The van der Waals surface area contributed by atoms with Crippen molar-refractivity contribution >= 4 is 68.6 Å². The highest BCUT2D eigenvalue weighted by Crippen LogP contribution is 2.65. The smallest absolute Gasteiger partial charge is 0.252 e. The molecule has 5 aliphatic rings. The Labute approximate surface area is 499 Å². The van der Waals surface area contributed by atoms with Crippen LogP contribution in [-0.4, -0.2) is 12.3 Å². The Kier molecular flexibility index (Phi) is 12.4. The van der Waals surface area contributed by atoms with Crippen molar-refractivity contribution in [3.63, 3.8) is 0 Å². The van der Waals surface area contributed by atoms with E-state index in [0.29, 0.717) is 0 Å². The lowest BCUT2D eigenvalue weighted by atomic mass is 9.33. The third-order valence-corrected chi connectivity index (χ3v) is 22.0. The highest BCUT2D eigenvalue weighted by atomic mass is 15.3. The maximum Gasteiger partial charge on any atom is 0.252 e. The van der Waals surface area contributed by atoms with Crippen molar-refractivity contribution in [2.24, 2.45) is 5.41 Å². The molecule has 8 aromatic rings. The van der Waals surface area contributed by atoms with E-state index >= 15 is 0 Å². The standard InChI is InChI=1S/C79H90BN3/c1-72(2,3)53-34-38-64(57(44-53)51-28-20-18-21-29-51)81-67-48-56(83-66-33-25-24-32-59(66)77(14,15)78(16)40-26-27-41-79(78,83)17)36-37-62(67)80-63-49-60-61(76(12,13)43-42-75(60,10)11)50-68(63)82(70-47-55(74(7,8)9)46-69(81)71(70)80)65-39-35-54(73(4,5)6)45-58(65)52-30-22-19-23-31-52/h18-25,28-39,44-50H,26-27,40-43H2,1-17H3. The molecule has 3 heterocycles. The van der Waals surface area contributed by atoms with Gasteiger partial charge in [-0.15, -0.1) is 0 Å². The Hall–Kier alpha value is -6.78. The maximum absolute atomic E-state index is 2.84. The van der Waals surface area contributed by atoms with Gasteiger partial charge < -0.3 is 14.7 Å². The Morgan fingerprint density at radius 2 is 0.855 bits per heavy atom. The molecule has 424 valence electrons. The SMILES string of the molecule is CC(C)(C)c1ccc(N2c3cc(N4c5ccccc5C(C)(C)C5(C)CCCCC45C)ccc3B3c4cc5c(cc4N(c4ccc(C(C)(C)C)cc4-c4ccccc4)c4cc(C(C)(C)C)cc2c43)C(C)(C)CCC5(C)C)c(-c2ccccc2)c1. The van der Waals surface area contributed by atoms with E-state index in [0.717, 1.165) is 19.3 Å². The van der Waals surface area contributed by atoms with E-state index in [1.807, 2.05) is 0 Å². The minimum Gasteiger partial charge on any atom is -0.335 e. The molecule has 4 heteroatoms. The molecular weight excluding hydrogens is 1000 g/mol. The van der Waals surface area contributed by atoms with E-state index in [2.05, 4.69) is 296 Å². The van der Waals surface area contributed by atoms with Crippen LogP contribution in [0.5, 0.6) is 0 Å². The molecule has 0 saturated heterocycles. The Bertz CT molecular complexity index is 3900. The van der Waals surface area contributed by atoms with Crippen molar-refractivity contribution < 1.29 is 0 Å². The molecule has 3 aliphatic heterocycles. The highest BCUT2D eigenvalue weighted by molar-refractivity contribution is 7.00. The summed E-state index contributed by atoms with van der Waals surface area (Å²) in [4.78, 5) is 8.32. The summed E-state index contributed by atoms with van der Waals surface area (Å²) in [7, 11) is 0. The van der Waals surface area contributed by atoms with Crippen molar-refractivity contribution in [2.45, 2.75) is 194 Å².